The highest BCUT2D eigenvalue weighted by molar-refractivity contribution is 7.92. The van der Waals surface area contributed by atoms with Gasteiger partial charge in [0.1, 0.15) is 0 Å². The van der Waals surface area contributed by atoms with Crippen LogP contribution in [-0.2, 0) is 14.9 Å². The van der Waals surface area contributed by atoms with Crippen molar-refractivity contribution in [3.8, 4) is 0 Å². The third kappa shape index (κ3) is 3.93. The molecular weight excluding hydrogens is 328 g/mol. The van der Waals surface area contributed by atoms with Crippen LogP contribution in [0, 0.1) is 0 Å². The number of nitrogens with zero attached hydrogens (tertiary/aromatic N) is 1. The van der Waals surface area contributed by atoms with Crippen molar-refractivity contribution in [2.24, 2.45) is 0 Å². The van der Waals surface area contributed by atoms with E-state index in [1.54, 1.807) is 38.1 Å². The summed E-state index contributed by atoms with van der Waals surface area (Å²) >= 11 is 0. The summed E-state index contributed by atoms with van der Waals surface area (Å²) in [7, 11) is -3.77. The van der Waals surface area contributed by atoms with E-state index >= 15 is 0 Å². The van der Waals surface area contributed by atoms with Gasteiger partial charge in [0.2, 0.25) is 0 Å². The van der Waals surface area contributed by atoms with Crippen molar-refractivity contribution < 1.29 is 18.0 Å². The van der Waals surface area contributed by atoms with Gasteiger partial charge in [-0.3, -0.25) is 13.9 Å². The molecule has 7 heteroatoms. The molecule has 0 aliphatic carbocycles. The van der Waals surface area contributed by atoms with Gasteiger partial charge in [0.05, 0.1) is 17.2 Å². The molecule has 0 aliphatic heterocycles. The fraction of sp³-hybridized carbons (Fsp3) is 0.235. The molecule has 0 unspecified atom stereocenters. The summed E-state index contributed by atoms with van der Waals surface area (Å²) in [4.78, 5) is 16.9. The van der Waals surface area contributed by atoms with E-state index in [1.807, 2.05) is 6.07 Å². The number of nitrogens with one attached hydrogen (secondary N) is 1. The molecule has 0 heterocycles. The zero-order chi connectivity index (χ0) is 17.6. The second kappa shape index (κ2) is 7.94. The summed E-state index contributed by atoms with van der Waals surface area (Å²) in [6.07, 6.45) is 0. The van der Waals surface area contributed by atoms with E-state index < -0.39 is 15.9 Å². The molecule has 1 N–H and O–H groups in total. The van der Waals surface area contributed by atoms with Crippen LogP contribution in [0.4, 0.5) is 5.69 Å². The molecule has 24 heavy (non-hydrogen) atoms. The van der Waals surface area contributed by atoms with Crippen molar-refractivity contribution in [1.29, 1.82) is 0 Å². The topological polar surface area (TPSA) is 75.7 Å². The van der Waals surface area contributed by atoms with Gasteiger partial charge in [-0.25, -0.2) is 13.9 Å². The first-order valence-electron chi connectivity index (χ1n) is 7.60. The number of hydroxylamine groups is 1. The van der Waals surface area contributed by atoms with Crippen LogP contribution in [0.2, 0.25) is 0 Å². The van der Waals surface area contributed by atoms with Crippen LogP contribution in [0.1, 0.15) is 24.2 Å². The molecule has 6 nitrogen and oxygen atoms in total. The third-order valence-electron chi connectivity index (χ3n) is 3.32. The first-order valence-corrected chi connectivity index (χ1v) is 9.04. The highest BCUT2D eigenvalue weighted by Crippen LogP contribution is 2.23. The van der Waals surface area contributed by atoms with E-state index in [-0.39, 0.29) is 17.0 Å². The summed E-state index contributed by atoms with van der Waals surface area (Å²) in [6, 6.07) is 14.7. The Kier molecular flexibility index (Phi) is 5.94. The average Bonchev–Trinajstić information content (AvgIpc) is 2.61. The van der Waals surface area contributed by atoms with Gasteiger partial charge in [0, 0.05) is 12.1 Å². The number of para-hydroxylation sites is 1. The number of anilines is 1. The Morgan fingerprint density at radius 2 is 1.79 bits per heavy atom. The number of sulfonamides is 1. The maximum Gasteiger partial charge on any atom is 0.274 e. The van der Waals surface area contributed by atoms with E-state index in [4.69, 9.17) is 4.84 Å². The third-order valence-corrected chi connectivity index (χ3v) is 5.22. The van der Waals surface area contributed by atoms with Crippen LogP contribution in [0.3, 0.4) is 0 Å². The van der Waals surface area contributed by atoms with E-state index in [0.29, 0.717) is 12.3 Å². The molecule has 0 saturated heterocycles. The van der Waals surface area contributed by atoms with Crippen LogP contribution in [0.5, 0.6) is 0 Å². The van der Waals surface area contributed by atoms with Gasteiger partial charge in [0.25, 0.3) is 15.9 Å². The molecule has 2 aromatic rings. The lowest BCUT2D eigenvalue weighted by molar-refractivity contribution is 0.0364. The maximum absolute atomic E-state index is 12.9. The van der Waals surface area contributed by atoms with Gasteiger partial charge in [-0.05, 0) is 44.2 Å². The maximum atomic E-state index is 12.9. The molecule has 0 aromatic heterocycles. The Hall–Kier alpha value is -2.38. The molecule has 2 rings (SSSR count). The lowest BCUT2D eigenvalue weighted by atomic mass is 10.2. The molecule has 0 bridgehead atoms. The minimum atomic E-state index is -3.77. The predicted octanol–water partition coefficient (Wildman–Crippen LogP) is 2.58. The Morgan fingerprint density at radius 1 is 1.08 bits per heavy atom. The average molecular weight is 348 g/mol. The summed E-state index contributed by atoms with van der Waals surface area (Å²) < 4.78 is 27.1. The first kappa shape index (κ1) is 18.0. The molecule has 0 radical (unpaired) electrons. The van der Waals surface area contributed by atoms with Gasteiger partial charge >= 0.3 is 0 Å². The molecule has 0 spiro atoms. The highest BCUT2D eigenvalue weighted by Gasteiger charge is 2.24. The molecule has 0 saturated carbocycles. The Morgan fingerprint density at radius 3 is 2.42 bits per heavy atom. The summed E-state index contributed by atoms with van der Waals surface area (Å²) in [5.41, 5.74) is 3.04. The van der Waals surface area contributed by atoms with Crippen LogP contribution in [0.15, 0.2) is 59.5 Å². The SMILES string of the molecule is CCONC(=O)c1cccc(S(=O)(=O)N(CC)c2ccccc2)c1. The normalized spacial score (nSPS) is 11.1. The largest absolute Gasteiger partial charge is 0.274 e. The van der Waals surface area contributed by atoms with Crippen molar-refractivity contribution in [1.82, 2.24) is 5.48 Å². The fourth-order valence-electron chi connectivity index (χ4n) is 2.21. The number of hydrogen-bond acceptors (Lipinski definition) is 4. The van der Waals surface area contributed by atoms with Crippen LogP contribution in [0.25, 0.3) is 0 Å². The molecule has 0 aliphatic rings. The van der Waals surface area contributed by atoms with Gasteiger partial charge in [-0.1, -0.05) is 24.3 Å². The predicted molar refractivity (Wildman–Crippen MR) is 92.2 cm³/mol. The number of benzene rings is 2. The van der Waals surface area contributed by atoms with Crippen LogP contribution < -0.4 is 9.79 Å². The smallest absolute Gasteiger partial charge is 0.274 e. The van der Waals surface area contributed by atoms with E-state index in [2.05, 4.69) is 5.48 Å². The molecule has 1 amide bonds. The minimum absolute atomic E-state index is 0.0531. The molecule has 128 valence electrons. The summed E-state index contributed by atoms with van der Waals surface area (Å²) in [6.45, 7) is 4.10. The summed E-state index contributed by atoms with van der Waals surface area (Å²) in [5.74, 6) is -0.489. The number of rotatable bonds is 7. The molecule has 0 atom stereocenters. The first-order chi connectivity index (χ1) is 11.5. The number of carbonyl (C=O) groups excluding carboxylic acids is 1. The number of amides is 1. The van der Waals surface area contributed by atoms with Gasteiger partial charge in [-0.2, -0.15) is 0 Å². The van der Waals surface area contributed by atoms with Crippen molar-refractivity contribution in [2.75, 3.05) is 17.5 Å². The number of carbonyl (C=O) groups is 1. The van der Waals surface area contributed by atoms with E-state index in [1.165, 1.54) is 28.6 Å². The Labute approximate surface area is 142 Å². The Balaban J connectivity index is 2.37. The van der Waals surface area contributed by atoms with Crippen LogP contribution in [-0.4, -0.2) is 27.5 Å². The highest BCUT2D eigenvalue weighted by atomic mass is 32.2. The lowest BCUT2D eigenvalue weighted by Crippen LogP contribution is -2.31. The lowest BCUT2D eigenvalue weighted by Gasteiger charge is -2.23. The van der Waals surface area contributed by atoms with Gasteiger partial charge in [-0.15, -0.1) is 0 Å². The van der Waals surface area contributed by atoms with Gasteiger partial charge < -0.3 is 0 Å². The number of hydrogen-bond donors (Lipinski definition) is 1. The second-order valence-corrected chi connectivity index (χ2v) is 6.76. The standard InChI is InChI=1S/C17H20N2O4S/c1-3-19(15-10-6-5-7-11-15)24(21,22)16-12-8-9-14(13-16)17(20)18-23-4-2/h5-13H,3-4H2,1-2H3,(H,18,20). The second-order valence-electron chi connectivity index (χ2n) is 4.90. The molecular formula is C17H20N2O4S. The fourth-order valence-corrected chi connectivity index (χ4v) is 3.73. The van der Waals surface area contributed by atoms with Crippen LogP contribution >= 0.6 is 0 Å². The zero-order valence-corrected chi connectivity index (χ0v) is 14.4. The van der Waals surface area contributed by atoms with E-state index in [0.717, 1.165) is 0 Å². The monoisotopic (exact) mass is 348 g/mol. The van der Waals surface area contributed by atoms with Crippen molar-refractivity contribution in [2.45, 2.75) is 18.7 Å². The van der Waals surface area contributed by atoms with Gasteiger partial charge in [0.15, 0.2) is 0 Å². The zero-order valence-electron chi connectivity index (χ0n) is 13.6. The van der Waals surface area contributed by atoms with Crippen molar-refractivity contribution >= 4 is 21.6 Å². The Bertz CT molecular complexity index is 791. The quantitative estimate of drug-likeness (QED) is 0.780. The van der Waals surface area contributed by atoms with E-state index in [9.17, 15) is 13.2 Å². The summed E-state index contributed by atoms with van der Waals surface area (Å²) in [5, 5.41) is 0. The van der Waals surface area contributed by atoms with Crippen molar-refractivity contribution in [3.05, 3.63) is 60.2 Å². The van der Waals surface area contributed by atoms with Crippen molar-refractivity contribution in [3.63, 3.8) is 0 Å². The molecule has 0 fully saturated rings. The minimum Gasteiger partial charge on any atom is -0.274 e. The molecule has 2 aromatic carbocycles.